The van der Waals surface area contributed by atoms with Crippen LogP contribution in [-0.4, -0.2) is 70.6 Å². The molecule has 0 amide bonds. The van der Waals surface area contributed by atoms with E-state index in [1.165, 1.54) is 38.6 Å². The molecule has 0 aromatic carbocycles. The fourth-order valence-corrected chi connectivity index (χ4v) is 2.66. The summed E-state index contributed by atoms with van der Waals surface area (Å²) in [6, 6.07) is 0. The van der Waals surface area contributed by atoms with Gasteiger partial charge in [0.2, 0.25) is 0 Å². The average molecular weight is 432 g/mol. The van der Waals surface area contributed by atoms with Crippen LogP contribution in [0.25, 0.3) is 0 Å². The number of nitrogens with one attached hydrogen (secondary N) is 2. The molecule has 1 fully saturated rings. The third-order valence-electron chi connectivity index (χ3n) is 3.24. The van der Waals surface area contributed by atoms with Gasteiger partial charge in [0.25, 0.3) is 0 Å². The van der Waals surface area contributed by atoms with Crippen molar-refractivity contribution in [3.63, 3.8) is 0 Å². The Balaban J connectivity index is 0.00000400. The maximum atomic E-state index is 11.1. The van der Waals surface area contributed by atoms with E-state index in [2.05, 4.69) is 20.5 Å². The molecule has 21 heavy (non-hydrogen) atoms. The molecular formula is C13H29IN4O2S. The van der Waals surface area contributed by atoms with Crippen LogP contribution in [0.4, 0.5) is 0 Å². The molecular weight excluding hydrogens is 403 g/mol. The van der Waals surface area contributed by atoms with E-state index in [4.69, 9.17) is 0 Å². The topological polar surface area (TPSA) is 73.8 Å². The number of nitrogens with zero attached hydrogens (tertiary/aromatic N) is 2. The van der Waals surface area contributed by atoms with Crippen molar-refractivity contribution in [3.8, 4) is 0 Å². The second-order valence-corrected chi connectivity index (χ2v) is 7.48. The standard InChI is InChI=1S/C13H28N4O2S.HI/c1-3-14-13(16-8-12-20(2,18)19)15-7-11-17-9-5-4-6-10-17;/h3-12H2,1-2H3,(H2,14,15,16);1H. The molecule has 1 aliphatic heterocycles. The Hall–Kier alpha value is -0.0900. The monoisotopic (exact) mass is 432 g/mol. The normalized spacial score (nSPS) is 17.1. The molecule has 0 saturated carbocycles. The van der Waals surface area contributed by atoms with Crippen molar-refractivity contribution in [3.05, 3.63) is 0 Å². The minimum absolute atomic E-state index is 0. The lowest BCUT2D eigenvalue weighted by atomic mass is 10.1. The van der Waals surface area contributed by atoms with E-state index < -0.39 is 9.84 Å². The Morgan fingerprint density at radius 1 is 1.19 bits per heavy atom. The Kier molecular flexibility index (Phi) is 11.4. The predicted octanol–water partition coefficient (Wildman–Crippen LogP) is 0.690. The van der Waals surface area contributed by atoms with Gasteiger partial charge in [0.05, 0.1) is 12.3 Å². The largest absolute Gasteiger partial charge is 0.357 e. The highest BCUT2D eigenvalue weighted by Gasteiger charge is 2.09. The number of piperidine rings is 1. The Morgan fingerprint density at radius 3 is 2.43 bits per heavy atom. The van der Waals surface area contributed by atoms with Crippen LogP contribution in [0, 0.1) is 0 Å². The smallest absolute Gasteiger partial charge is 0.191 e. The van der Waals surface area contributed by atoms with Crippen LogP contribution in [-0.2, 0) is 9.84 Å². The summed E-state index contributed by atoms with van der Waals surface area (Å²) in [5.41, 5.74) is 0. The Morgan fingerprint density at radius 2 is 1.86 bits per heavy atom. The maximum absolute atomic E-state index is 11.1. The number of sulfone groups is 1. The number of halogens is 1. The number of likely N-dealkylation sites (tertiary alicyclic amines) is 1. The van der Waals surface area contributed by atoms with Crippen LogP contribution in [0.2, 0.25) is 0 Å². The highest BCUT2D eigenvalue weighted by molar-refractivity contribution is 14.0. The van der Waals surface area contributed by atoms with Gasteiger partial charge in [-0.3, -0.25) is 4.99 Å². The van der Waals surface area contributed by atoms with E-state index in [1.807, 2.05) is 6.92 Å². The zero-order valence-corrected chi connectivity index (χ0v) is 16.2. The van der Waals surface area contributed by atoms with Crippen LogP contribution < -0.4 is 10.6 Å². The third kappa shape index (κ3) is 11.2. The lowest BCUT2D eigenvalue weighted by Gasteiger charge is -2.25. The number of hydrogen-bond acceptors (Lipinski definition) is 4. The van der Waals surface area contributed by atoms with Crippen molar-refractivity contribution in [2.75, 3.05) is 51.3 Å². The van der Waals surface area contributed by atoms with Crippen LogP contribution in [0.5, 0.6) is 0 Å². The average Bonchev–Trinajstić information content (AvgIpc) is 2.38. The molecule has 0 aliphatic carbocycles. The van der Waals surface area contributed by atoms with E-state index in [1.54, 1.807) is 0 Å². The van der Waals surface area contributed by atoms with Crippen molar-refractivity contribution in [1.29, 1.82) is 0 Å². The zero-order chi connectivity index (χ0) is 14.8. The summed E-state index contributed by atoms with van der Waals surface area (Å²) in [5, 5.41) is 6.19. The van der Waals surface area contributed by atoms with Crippen LogP contribution in [0.1, 0.15) is 26.2 Å². The molecule has 6 nitrogen and oxygen atoms in total. The molecule has 2 N–H and O–H groups in total. The fourth-order valence-electron chi connectivity index (χ4n) is 2.18. The number of hydrogen-bond donors (Lipinski definition) is 2. The number of guanidine groups is 1. The summed E-state index contributed by atoms with van der Waals surface area (Å²) in [6.45, 7) is 7.24. The minimum Gasteiger partial charge on any atom is -0.357 e. The summed E-state index contributed by atoms with van der Waals surface area (Å²) in [4.78, 5) is 6.92. The van der Waals surface area contributed by atoms with Gasteiger partial charge in [0.15, 0.2) is 5.96 Å². The van der Waals surface area contributed by atoms with Gasteiger partial charge in [-0.15, -0.1) is 24.0 Å². The van der Waals surface area contributed by atoms with E-state index in [0.29, 0.717) is 12.5 Å². The fraction of sp³-hybridized carbons (Fsp3) is 0.923. The summed E-state index contributed by atoms with van der Waals surface area (Å²) in [5.74, 6) is 0.831. The van der Waals surface area contributed by atoms with Gasteiger partial charge >= 0.3 is 0 Å². The molecule has 0 atom stereocenters. The molecule has 1 rings (SSSR count). The Bertz CT molecular complexity index is 395. The minimum atomic E-state index is -2.93. The summed E-state index contributed by atoms with van der Waals surface area (Å²) in [7, 11) is -2.93. The van der Waals surface area contributed by atoms with Crippen molar-refractivity contribution in [1.82, 2.24) is 15.5 Å². The van der Waals surface area contributed by atoms with Crippen LogP contribution >= 0.6 is 24.0 Å². The zero-order valence-electron chi connectivity index (χ0n) is 13.1. The van der Waals surface area contributed by atoms with Crippen molar-refractivity contribution >= 4 is 39.8 Å². The third-order valence-corrected chi connectivity index (χ3v) is 4.19. The molecule has 0 radical (unpaired) electrons. The number of rotatable bonds is 7. The first kappa shape index (κ1) is 20.9. The van der Waals surface area contributed by atoms with Gasteiger partial charge in [-0.1, -0.05) is 6.42 Å². The van der Waals surface area contributed by atoms with E-state index in [0.717, 1.165) is 19.6 Å². The van der Waals surface area contributed by atoms with Gasteiger partial charge in [0, 0.05) is 25.9 Å². The molecule has 1 saturated heterocycles. The molecule has 126 valence electrons. The van der Waals surface area contributed by atoms with Gasteiger partial charge in [0.1, 0.15) is 9.84 Å². The van der Waals surface area contributed by atoms with Gasteiger partial charge < -0.3 is 15.5 Å². The van der Waals surface area contributed by atoms with Crippen molar-refractivity contribution in [2.45, 2.75) is 26.2 Å². The second-order valence-electron chi connectivity index (χ2n) is 5.22. The molecule has 1 heterocycles. The van der Waals surface area contributed by atoms with Gasteiger partial charge in [-0.05, 0) is 32.9 Å². The molecule has 0 unspecified atom stereocenters. The summed E-state index contributed by atoms with van der Waals surface area (Å²) >= 11 is 0. The van der Waals surface area contributed by atoms with Crippen molar-refractivity contribution in [2.24, 2.45) is 4.99 Å². The molecule has 0 bridgehead atoms. The lowest BCUT2D eigenvalue weighted by molar-refractivity contribution is 0.235. The van der Waals surface area contributed by atoms with Gasteiger partial charge in [-0.2, -0.15) is 0 Å². The SMILES string of the molecule is CCNC(=NCCN1CCCCC1)NCCS(C)(=O)=O.I. The maximum Gasteiger partial charge on any atom is 0.191 e. The molecule has 0 aromatic rings. The van der Waals surface area contributed by atoms with E-state index in [-0.39, 0.29) is 29.7 Å². The van der Waals surface area contributed by atoms with E-state index >= 15 is 0 Å². The van der Waals surface area contributed by atoms with Crippen LogP contribution in [0.3, 0.4) is 0 Å². The summed E-state index contributed by atoms with van der Waals surface area (Å²) in [6.07, 6.45) is 5.16. The summed E-state index contributed by atoms with van der Waals surface area (Å²) < 4.78 is 22.2. The highest BCUT2D eigenvalue weighted by Crippen LogP contribution is 2.07. The molecule has 1 aliphatic rings. The molecule has 0 spiro atoms. The second kappa shape index (κ2) is 11.5. The van der Waals surface area contributed by atoms with E-state index in [9.17, 15) is 8.42 Å². The Labute approximate surface area is 146 Å². The quantitative estimate of drug-likeness (QED) is 0.352. The van der Waals surface area contributed by atoms with Crippen LogP contribution in [0.15, 0.2) is 4.99 Å². The number of aliphatic imine (C=N–C) groups is 1. The molecule has 0 aromatic heterocycles. The lowest BCUT2D eigenvalue weighted by Crippen LogP contribution is -2.40. The van der Waals surface area contributed by atoms with Crippen molar-refractivity contribution < 1.29 is 8.42 Å². The first-order valence-electron chi connectivity index (χ1n) is 7.43. The first-order chi connectivity index (χ1) is 9.51. The predicted molar refractivity (Wildman–Crippen MR) is 99.4 cm³/mol. The van der Waals surface area contributed by atoms with Gasteiger partial charge in [-0.25, -0.2) is 8.42 Å². The highest BCUT2D eigenvalue weighted by atomic mass is 127. The first-order valence-corrected chi connectivity index (χ1v) is 9.49. The molecule has 8 heteroatoms.